The molecule has 0 saturated heterocycles. The lowest BCUT2D eigenvalue weighted by Gasteiger charge is -2.21. The molecule has 146 valence electrons. The minimum atomic E-state index is 0.00362. The van der Waals surface area contributed by atoms with Crippen LogP contribution in [0.2, 0.25) is 0 Å². The van der Waals surface area contributed by atoms with Gasteiger partial charge in [0.2, 0.25) is 0 Å². The van der Waals surface area contributed by atoms with Gasteiger partial charge in [-0.2, -0.15) is 0 Å². The van der Waals surface area contributed by atoms with Crippen LogP contribution < -0.4 is 0 Å². The van der Waals surface area contributed by atoms with Gasteiger partial charge < -0.3 is 14.8 Å². The predicted octanol–water partition coefficient (Wildman–Crippen LogP) is 5.67. The summed E-state index contributed by atoms with van der Waals surface area (Å²) < 4.78 is 2.06. The molecule has 0 amide bonds. The number of nitrogens with zero attached hydrogens (tertiary/aromatic N) is 1. The standard InChI is InChI=1S/C24H27NO2S/c1-4-18(19-9-8-16(2)14-24(19)27)15-22(17(3)28)20-6-5-7-23-21(20)10-11-25(23)12-13-26/h4-11,14,22,26-28H,3,12-13,15H2,1-2H3/b18-4+. The molecule has 0 bridgehead atoms. The maximum absolute atomic E-state index is 10.4. The average molecular weight is 394 g/mol. The molecule has 1 aromatic heterocycles. The molecule has 3 nitrogen and oxygen atoms in total. The van der Waals surface area contributed by atoms with Crippen LogP contribution in [0.25, 0.3) is 16.5 Å². The molecule has 0 aliphatic carbocycles. The molecule has 0 aliphatic rings. The van der Waals surface area contributed by atoms with Crippen LogP contribution in [0.3, 0.4) is 0 Å². The summed E-state index contributed by atoms with van der Waals surface area (Å²) in [6.45, 7) is 8.76. The van der Waals surface area contributed by atoms with Gasteiger partial charge in [0.25, 0.3) is 0 Å². The Hall–Kier alpha value is -2.43. The molecular weight excluding hydrogens is 366 g/mol. The van der Waals surface area contributed by atoms with Crippen molar-refractivity contribution in [2.75, 3.05) is 6.61 Å². The van der Waals surface area contributed by atoms with E-state index in [1.165, 1.54) is 0 Å². The Morgan fingerprint density at radius 1 is 1.25 bits per heavy atom. The summed E-state index contributed by atoms with van der Waals surface area (Å²) in [5.41, 5.74) is 5.18. The van der Waals surface area contributed by atoms with Gasteiger partial charge in [-0.3, -0.25) is 0 Å². The maximum Gasteiger partial charge on any atom is 0.123 e. The van der Waals surface area contributed by atoms with Crippen LogP contribution in [0.1, 0.15) is 36.0 Å². The zero-order valence-corrected chi connectivity index (χ0v) is 17.3. The molecular formula is C24H27NO2S. The number of phenols is 1. The van der Waals surface area contributed by atoms with E-state index >= 15 is 0 Å². The summed E-state index contributed by atoms with van der Waals surface area (Å²) in [6, 6.07) is 14.1. The lowest BCUT2D eigenvalue weighted by molar-refractivity contribution is 0.278. The third kappa shape index (κ3) is 4.03. The average Bonchev–Trinajstić information content (AvgIpc) is 3.07. The summed E-state index contributed by atoms with van der Waals surface area (Å²) in [5.74, 6) is 0.299. The number of aliphatic hydroxyl groups excluding tert-OH is 1. The van der Waals surface area contributed by atoms with Crippen molar-refractivity contribution in [3.8, 4) is 5.75 Å². The fourth-order valence-corrected chi connectivity index (χ4v) is 4.01. The van der Waals surface area contributed by atoms with Crippen molar-refractivity contribution in [3.05, 3.63) is 82.9 Å². The highest BCUT2D eigenvalue weighted by Gasteiger charge is 2.20. The van der Waals surface area contributed by atoms with Gasteiger partial charge in [-0.1, -0.05) is 36.9 Å². The number of fused-ring (bicyclic) bond motifs is 1. The second-order valence-electron chi connectivity index (χ2n) is 7.10. The van der Waals surface area contributed by atoms with E-state index in [-0.39, 0.29) is 12.5 Å². The highest BCUT2D eigenvalue weighted by molar-refractivity contribution is 7.84. The molecule has 2 aromatic carbocycles. The molecule has 1 unspecified atom stereocenters. The molecule has 4 heteroatoms. The van der Waals surface area contributed by atoms with Crippen LogP contribution >= 0.6 is 12.6 Å². The van der Waals surface area contributed by atoms with Crippen LogP contribution in [0, 0.1) is 6.92 Å². The molecule has 0 aliphatic heterocycles. The van der Waals surface area contributed by atoms with Gasteiger partial charge >= 0.3 is 0 Å². The van der Waals surface area contributed by atoms with Crippen LogP contribution in [-0.2, 0) is 6.54 Å². The van der Waals surface area contributed by atoms with E-state index in [0.29, 0.717) is 18.7 Å². The Morgan fingerprint density at radius 2 is 2.04 bits per heavy atom. The zero-order chi connectivity index (χ0) is 20.3. The Kier molecular flexibility index (Phi) is 6.32. The number of aromatic hydroxyl groups is 1. The van der Waals surface area contributed by atoms with Gasteiger partial charge in [-0.25, -0.2) is 0 Å². The van der Waals surface area contributed by atoms with Crippen molar-refractivity contribution in [1.82, 2.24) is 4.57 Å². The number of rotatable bonds is 7. The van der Waals surface area contributed by atoms with Gasteiger partial charge in [-0.05, 0) is 60.1 Å². The monoisotopic (exact) mass is 393 g/mol. The van der Waals surface area contributed by atoms with Crippen molar-refractivity contribution in [3.63, 3.8) is 0 Å². The SMILES string of the molecule is C=C(S)C(C/C(=C\C)c1ccc(C)cc1O)c1cccc2c1ccn2CCO. The Labute approximate surface area is 172 Å². The number of hydrogen-bond donors (Lipinski definition) is 3. The van der Waals surface area contributed by atoms with Crippen molar-refractivity contribution in [2.24, 2.45) is 0 Å². The third-order valence-corrected chi connectivity index (χ3v) is 5.55. The van der Waals surface area contributed by atoms with Crippen molar-refractivity contribution in [2.45, 2.75) is 32.7 Å². The van der Waals surface area contributed by atoms with Gasteiger partial charge in [-0.15, -0.1) is 12.6 Å². The van der Waals surface area contributed by atoms with E-state index in [4.69, 9.17) is 0 Å². The topological polar surface area (TPSA) is 45.4 Å². The Morgan fingerprint density at radius 3 is 2.68 bits per heavy atom. The molecule has 1 atom stereocenters. The quantitative estimate of drug-likeness (QED) is 0.453. The van der Waals surface area contributed by atoms with Crippen molar-refractivity contribution < 1.29 is 10.2 Å². The van der Waals surface area contributed by atoms with Crippen LogP contribution in [0.15, 0.2) is 66.2 Å². The molecule has 3 rings (SSSR count). The van der Waals surface area contributed by atoms with Gasteiger partial charge in [0.1, 0.15) is 5.75 Å². The van der Waals surface area contributed by atoms with Crippen LogP contribution in [0.5, 0.6) is 5.75 Å². The van der Waals surface area contributed by atoms with Crippen molar-refractivity contribution in [1.29, 1.82) is 0 Å². The first-order valence-electron chi connectivity index (χ1n) is 9.47. The zero-order valence-electron chi connectivity index (χ0n) is 16.4. The Bertz CT molecular complexity index is 1030. The van der Waals surface area contributed by atoms with E-state index < -0.39 is 0 Å². The molecule has 0 spiro atoms. The molecule has 0 fully saturated rings. The van der Waals surface area contributed by atoms with Gasteiger partial charge in [0, 0.05) is 35.1 Å². The maximum atomic E-state index is 10.4. The number of aliphatic hydroxyl groups is 1. The fraction of sp³-hybridized carbons (Fsp3) is 0.250. The normalized spacial score (nSPS) is 13.1. The summed E-state index contributed by atoms with van der Waals surface area (Å²) in [7, 11) is 0. The largest absolute Gasteiger partial charge is 0.507 e. The van der Waals surface area contributed by atoms with Crippen LogP contribution in [-0.4, -0.2) is 21.4 Å². The molecule has 2 N–H and O–H groups in total. The summed E-state index contributed by atoms with van der Waals surface area (Å²) in [5, 5.41) is 20.9. The molecule has 3 aromatic rings. The summed E-state index contributed by atoms with van der Waals surface area (Å²) in [6.07, 6.45) is 4.75. The molecule has 1 heterocycles. The lowest BCUT2D eigenvalue weighted by atomic mass is 9.86. The highest BCUT2D eigenvalue weighted by Crippen LogP contribution is 2.40. The number of thiol groups is 1. The van der Waals surface area contributed by atoms with E-state index in [0.717, 1.165) is 38.1 Å². The number of benzene rings is 2. The highest BCUT2D eigenvalue weighted by atomic mass is 32.1. The van der Waals surface area contributed by atoms with Crippen molar-refractivity contribution >= 4 is 29.1 Å². The molecule has 0 saturated carbocycles. The lowest BCUT2D eigenvalue weighted by Crippen LogP contribution is -2.03. The second-order valence-corrected chi connectivity index (χ2v) is 7.67. The number of allylic oxidation sites excluding steroid dienone is 3. The predicted molar refractivity (Wildman–Crippen MR) is 121 cm³/mol. The first-order valence-corrected chi connectivity index (χ1v) is 9.92. The third-order valence-electron chi connectivity index (χ3n) is 5.24. The van der Waals surface area contributed by atoms with E-state index in [2.05, 4.69) is 42.0 Å². The number of phenolic OH excluding ortho intramolecular Hbond substituents is 1. The van der Waals surface area contributed by atoms with Gasteiger partial charge in [0.15, 0.2) is 0 Å². The number of aromatic nitrogens is 1. The number of aryl methyl sites for hydroxylation is 1. The summed E-state index contributed by atoms with van der Waals surface area (Å²) in [4.78, 5) is 0.786. The molecule has 0 radical (unpaired) electrons. The Balaban J connectivity index is 2.03. The minimum absolute atomic E-state index is 0.00362. The first kappa shape index (κ1) is 20.3. The van der Waals surface area contributed by atoms with Gasteiger partial charge in [0.05, 0.1) is 6.61 Å². The van der Waals surface area contributed by atoms with Crippen LogP contribution in [0.4, 0.5) is 0 Å². The second kappa shape index (κ2) is 8.72. The minimum Gasteiger partial charge on any atom is -0.507 e. The van der Waals surface area contributed by atoms with E-state index in [1.54, 1.807) is 6.07 Å². The van der Waals surface area contributed by atoms with E-state index in [9.17, 15) is 10.2 Å². The summed E-state index contributed by atoms with van der Waals surface area (Å²) >= 11 is 4.62. The molecule has 28 heavy (non-hydrogen) atoms. The van der Waals surface area contributed by atoms with E-state index in [1.807, 2.05) is 44.3 Å². The number of hydrogen-bond acceptors (Lipinski definition) is 3. The first-order chi connectivity index (χ1) is 13.5. The smallest absolute Gasteiger partial charge is 0.123 e. The fourth-order valence-electron chi connectivity index (χ4n) is 3.78.